The number of hydrogen-bond acceptors (Lipinski definition) is 4. The smallest absolute Gasteiger partial charge is 0.373 e. The summed E-state index contributed by atoms with van der Waals surface area (Å²) in [6, 6.07) is 0. The quantitative estimate of drug-likeness (QED) is 0.579. The van der Waals surface area contributed by atoms with E-state index in [0.717, 1.165) is 0 Å². The van der Waals surface area contributed by atoms with Crippen molar-refractivity contribution in [1.82, 2.24) is 0 Å². The van der Waals surface area contributed by atoms with Crippen LogP contribution in [-0.2, 0) is 14.4 Å². The maximum absolute atomic E-state index is 9.85. The van der Waals surface area contributed by atoms with Crippen LogP contribution in [0, 0.1) is 0 Å². The van der Waals surface area contributed by atoms with E-state index in [9.17, 15) is 4.79 Å². The van der Waals surface area contributed by atoms with Crippen LogP contribution >= 0.6 is 0 Å². The molecule has 2 N–H and O–H groups in total. The average Bonchev–Trinajstić information content (AvgIpc) is 1.57. The van der Waals surface area contributed by atoms with Crippen molar-refractivity contribution in [2.45, 2.75) is 25.9 Å². The third-order valence-electron chi connectivity index (χ3n) is 0.584. The Bertz CT molecular complexity index is 149. The van der Waals surface area contributed by atoms with Gasteiger partial charge in [-0.2, -0.15) is 9.59 Å². The molecular formula is C6H10O5. The van der Waals surface area contributed by atoms with Crippen LogP contribution in [0.5, 0.6) is 0 Å². The van der Waals surface area contributed by atoms with Gasteiger partial charge in [-0.25, -0.2) is 0 Å². The number of carbonyl (C=O) groups is 1. The molecule has 0 atom stereocenters. The second-order valence-electron chi connectivity index (χ2n) is 2.47. The van der Waals surface area contributed by atoms with E-state index in [-0.39, 0.29) is 12.6 Å². The molecule has 0 radical (unpaired) electrons. The minimum atomic E-state index is -1.08. The molecular weight excluding hydrogens is 152 g/mol. The second-order valence-corrected chi connectivity index (χ2v) is 2.47. The number of rotatable bonds is 2. The summed E-state index contributed by atoms with van der Waals surface area (Å²) in [6.07, 6.45) is 0.0486. The normalized spacial score (nSPS) is 9.00. The minimum absolute atomic E-state index is 0.201. The van der Waals surface area contributed by atoms with E-state index in [2.05, 4.69) is 0 Å². The van der Waals surface area contributed by atoms with Crippen LogP contribution < -0.4 is 0 Å². The van der Waals surface area contributed by atoms with E-state index in [1.165, 1.54) is 13.8 Å². The van der Waals surface area contributed by atoms with Crippen molar-refractivity contribution in [1.29, 1.82) is 0 Å². The van der Waals surface area contributed by atoms with Gasteiger partial charge in [-0.15, -0.1) is 0 Å². The van der Waals surface area contributed by atoms with Crippen LogP contribution in [0.2, 0.25) is 0 Å². The largest absolute Gasteiger partial charge is 0.481 e. The zero-order valence-electron chi connectivity index (χ0n) is 6.33. The van der Waals surface area contributed by atoms with Crippen LogP contribution in [0.25, 0.3) is 0 Å². The Labute approximate surface area is 63.6 Å². The highest BCUT2D eigenvalue weighted by Gasteiger charge is 2.16. The van der Waals surface area contributed by atoms with E-state index in [0.29, 0.717) is 0 Å². The predicted octanol–water partition coefficient (Wildman–Crippen LogP) is -0.352. The Morgan fingerprint density at radius 2 is 1.73 bits per heavy atom. The van der Waals surface area contributed by atoms with Gasteiger partial charge >= 0.3 is 12.1 Å². The molecule has 0 unspecified atom stereocenters. The zero-order chi connectivity index (χ0) is 9.49. The standard InChI is InChI=1S/C5H10O3.CO2/c1-5(2,8)3-4(6)7;2-1-3/h8H,3H2,1-2H3,(H,6,7);. The molecule has 0 aliphatic heterocycles. The third-order valence-corrected chi connectivity index (χ3v) is 0.584. The van der Waals surface area contributed by atoms with Gasteiger partial charge in [0, 0.05) is 0 Å². The molecule has 0 aliphatic rings. The summed E-state index contributed by atoms with van der Waals surface area (Å²) >= 11 is 0. The van der Waals surface area contributed by atoms with Crippen molar-refractivity contribution in [2.24, 2.45) is 0 Å². The summed E-state index contributed by atoms with van der Waals surface area (Å²) in [5, 5.41) is 16.9. The summed E-state index contributed by atoms with van der Waals surface area (Å²) in [6.45, 7) is 2.92. The lowest BCUT2D eigenvalue weighted by molar-refractivity contribution is -0.191. The average molecular weight is 162 g/mol. The minimum Gasteiger partial charge on any atom is -0.481 e. The van der Waals surface area contributed by atoms with Crippen molar-refractivity contribution in [3.05, 3.63) is 0 Å². The molecule has 0 aromatic heterocycles. The Balaban J connectivity index is 0. The molecule has 0 aromatic rings. The molecule has 0 saturated carbocycles. The van der Waals surface area contributed by atoms with Crippen molar-refractivity contribution in [2.75, 3.05) is 0 Å². The number of aliphatic hydroxyl groups is 1. The third kappa shape index (κ3) is 28.1. The highest BCUT2D eigenvalue weighted by atomic mass is 16.4. The first-order valence-electron chi connectivity index (χ1n) is 2.77. The SMILES string of the molecule is CC(C)(O)CC(=O)O.O=C=O. The molecule has 0 saturated heterocycles. The van der Waals surface area contributed by atoms with E-state index < -0.39 is 11.6 Å². The van der Waals surface area contributed by atoms with Gasteiger partial charge in [0.2, 0.25) is 0 Å². The molecule has 0 aromatic carbocycles. The van der Waals surface area contributed by atoms with E-state index in [1.807, 2.05) is 0 Å². The van der Waals surface area contributed by atoms with Crippen molar-refractivity contribution >= 4 is 12.1 Å². The van der Waals surface area contributed by atoms with Crippen LogP contribution in [-0.4, -0.2) is 27.9 Å². The van der Waals surface area contributed by atoms with Crippen LogP contribution in [0.4, 0.5) is 0 Å². The predicted molar refractivity (Wildman–Crippen MR) is 33.6 cm³/mol. The van der Waals surface area contributed by atoms with E-state index in [1.54, 1.807) is 0 Å². The van der Waals surface area contributed by atoms with Crippen LogP contribution in [0.3, 0.4) is 0 Å². The van der Waals surface area contributed by atoms with Gasteiger partial charge in [-0.1, -0.05) is 0 Å². The van der Waals surface area contributed by atoms with Crippen molar-refractivity contribution < 1.29 is 24.6 Å². The Kier molecular flexibility index (Phi) is 6.34. The van der Waals surface area contributed by atoms with Gasteiger partial charge in [0.1, 0.15) is 0 Å². The lowest BCUT2D eigenvalue weighted by Gasteiger charge is -2.12. The summed E-state index contributed by atoms with van der Waals surface area (Å²) in [5.74, 6) is -0.975. The molecule has 0 rings (SSSR count). The molecule has 0 aliphatic carbocycles. The van der Waals surface area contributed by atoms with Crippen LogP contribution in [0.15, 0.2) is 0 Å². The highest BCUT2D eigenvalue weighted by Crippen LogP contribution is 2.05. The molecule has 64 valence electrons. The summed E-state index contributed by atoms with van der Waals surface area (Å²) in [7, 11) is 0. The zero-order valence-corrected chi connectivity index (χ0v) is 6.33. The Morgan fingerprint density at radius 1 is 1.45 bits per heavy atom. The molecule has 11 heavy (non-hydrogen) atoms. The van der Waals surface area contributed by atoms with Gasteiger partial charge in [0.05, 0.1) is 12.0 Å². The van der Waals surface area contributed by atoms with Gasteiger partial charge in [-0.3, -0.25) is 4.79 Å². The molecule has 0 spiro atoms. The summed E-state index contributed by atoms with van der Waals surface area (Å²) in [4.78, 5) is 26.1. The first-order chi connectivity index (χ1) is 4.83. The number of carboxylic acid groups (broad SMARTS) is 1. The van der Waals surface area contributed by atoms with Gasteiger partial charge in [0.25, 0.3) is 0 Å². The Morgan fingerprint density at radius 3 is 1.73 bits per heavy atom. The van der Waals surface area contributed by atoms with Crippen molar-refractivity contribution in [3.63, 3.8) is 0 Å². The maximum Gasteiger partial charge on any atom is 0.373 e. The first kappa shape index (κ1) is 12.5. The monoisotopic (exact) mass is 162 g/mol. The summed E-state index contributed by atoms with van der Waals surface area (Å²) < 4.78 is 0. The molecule has 5 nitrogen and oxygen atoms in total. The van der Waals surface area contributed by atoms with Crippen LogP contribution in [0.1, 0.15) is 20.3 Å². The first-order valence-corrected chi connectivity index (χ1v) is 2.77. The fourth-order valence-electron chi connectivity index (χ4n) is 0.370. The lowest BCUT2D eigenvalue weighted by Crippen LogP contribution is -2.22. The number of aliphatic carboxylic acids is 1. The van der Waals surface area contributed by atoms with Gasteiger partial charge in [-0.05, 0) is 13.8 Å². The molecule has 5 heteroatoms. The maximum atomic E-state index is 9.85. The fourth-order valence-corrected chi connectivity index (χ4v) is 0.370. The second kappa shape index (κ2) is 5.58. The number of hydrogen-bond donors (Lipinski definition) is 2. The lowest BCUT2D eigenvalue weighted by atomic mass is 10.1. The van der Waals surface area contributed by atoms with Gasteiger partial charge < -0.3 is 10.2 Å². The van der Waals surface area contributed by atoms with Crippen molar-refractivity contribution in [3.8, 4) is 0 Å². The molecule has 0 heterocycles. The fraction of sp³-hybridized carbons (Fsp3) is 0.667. The number of carbonyl (C=O) groups excluding carboxylic acids is 2. The topological polar surface area (TPSA) is 91.7 Å². The highest BCUT2D eigenvalue weighted by molar-refractivity contribution is 5.67. The Hall–Kier alpha value is -1.19. The molecule has 0 amide bonds. The molecule has 0 fully saturated rings. The molecule has 0 bridgehead atoms. The number of carboxylic acids is 1. The van der Waals surface area contributed by atoms with E-state index in [4.69, 9.17) is 19.8 Å². The van der Waals surface area contributed by atoms with Gasteiger partial charge in [0.15, 0.2) is 0 Å². The van der Waals surface area contributed by atoms with E-state index >= 15 is 0 Å². The summed E-state index contributed by atoms with van der Waals surface area (Å²) in [5.41, 5.74) is -1.08.